The molecule has 0 spiro atoms. The van der Waals surface area contributed by atoms with Gasteiger partial charge in [0.25, 0.3) is 5.91 Å². The maximum Gasteiger partial charge on any atom is 0.253 e. The average molecular weight is 432 g/mol. The van der Waals surface area contributed by atoms with E-state index >= 15 is 0 Å². The van der Waals surface area contributed by atoms with E-state index in [-0.39, 0.29) is 22.6 Å². The highest BCUT2D eigenvalue weighted by atomic mass is 32.2. The molecule has 1 aromatic carbocycles. The lowest BCUT2D eigenvalue weighted by Crippen LogP contribution is -2.46. The summed E-state index contributed by atoms with van der Waals surface area (Å²) in [4.78, 5) is 14.5. The normalized spacial score (nSPS) is 16.5. The summed E-state index contributed by atoms with van der Waals surface area (Å²) in [5.41, 5.74) is 0.422. The Morgan fingerprint density at radius 2 is 1.57 bits per heavy atom. The molecule has 1 fully saturated rings. The molecule has 2 rings (SSSR count). The first-order chi connectivity index (χ1) is 13.1. The van der Waals surface area contributed by atoms with E-state index < -0.39 is 20.0 Å². The molecule has 0 atom stereocenters. The second-order valence-corrected chi connectivity index (χ2v) is 10.7. The van der Waals surface area contributed by atoms with Crippen LogP contribution in [0, 0.1) is 0 Å². The highest BCUT2D eigenvalue weighted by Crippen LogP contribution is 2.19. The number of nitrogens with zero attached hydrogens (tertiary/aromatic N) is 2. The lowest BCUT2D eigenvalue weighted by atomic mass is 10.0. The van der Waals surface area contributed by atoms with Gasteiger partial charge >= 0.3 is 0 Å². The van der Waals surface area contributed by atoms with Crippen molar-refractivity contribution >= 4 is 26.0 Å². The Bertz CT molecular complexity index is 870. The fourth-order valence-corrected chi connectivity index (χ4v) is 5.57. The van der Waals surface area contributed by atoms with E-state index in [2.05, 4.69) is 4.72 Å². The van der Waals surface area contributed by atoms with E-state index in [0.717, 1.165) is 0 Å². The largest absolute Gasteiger partial charge is 0.339 e. The zero-order chi connectivity index (χ0) is 20.9. The smallest absolute Gasteiger partial charge is 0.253 e. The molecule has 0 radical (unpaired) electrons. The molecule has 0 unspecified atom stereocenters. The van der Waals surface area contributed by atoms with Crippen LogP contribution in [-0.4, -0.2) is 69.9 Å². The van der Waals surface area contributed by atoms with Crippen molar-refractivity contribution in [3.63, 3.8) is 0 Å². The maximum absolute atomic E-state index is 12.7. The van der Waals surface area contributed by atoms with Gasteiger partial charge in [0, 0.05) is 37.8 Å². The fourth-order valence-electron chi connectivity index (χ4n) is 3.20. The molecule has 0 aromatic heterocycles. The molecule has 1 aliphatic heterocycles. The van der Waals surface area contributed by atoms with Gasteiger partial charge in [-0.05, 0) is 44.0 Å². The number of hydrogen-bond donors (Lipinski definition) is 1. The SMILES string of the molecule is CCN(CC)S(=O)(=O)c1ccc(C(=O)N2CCC(NS(=O)(=O)CC)CC2)cc1. The summed E-state index contributed by atoms with van der Waals surface area (Å²) in [6.07, 6.45) is 1.11. The number of carbonyl (C=O) groups excluding carboxylic acids is 1. The van der Waals surface area contributed by atoms with Crippen LogP contribution in [0.1, 0.15) is 44.0 Å². The van der Waals surface area contributed by atoms with Crippen molar-refractivity contribution in [2.75, 3.05) is 31.9 Å². The van der Waals surface area contributed by atoms with Crippen LogP contribution in [0.15, 0.2) is 29.2 Å². The van der Waals surface area contributed by atoms with Crippen LogP contribution in [-0.2, 0) is 20.0 Å². The zero-order valence-corrected chi connectivity index (χ0v) is 18.2. The zero-order valence-electron chi connectivity index (χ0n) is 16.6. The van der Waals surface area contributed by atoms with Gasteiger partial charge in [-0.1, -0.05) is 13.8 Å². The number of nitrogens with one attached hydrogen (secondary N) is 1. The molecule has 1 aromatic rings. The molecular weight excluding hydrogens is 402 g/mol. The summed E-state index contributed by atoms with van der Waals surface area (Å²) in [5, 5.41) is 0. The van der Waals surface area contributed by atoms with Gasteiger partial charge in [0.2, 0.25) is 20.0 Å². The number of benzene rings is 1. The first-order valence-corrected chi connectivity index (χ1v) is 12.6. The van der Waals surface area contributed by atoms with Gasteiger partial charge in [-0.25, -0.2) is 21.6 Å². The molecule has 1 aliphatic rings. The highest BCUT2D eigenvalue weighted by molar-refractivity contribution is 7.89. The second kappa shape index (κ2) is 9.34. The third-order valence-electron chi connectivity index (χ3n) is 4.95. The molecule has 1 saturated heterocycles. The van der Waals surface area contributed by atoms with Crippen LogP contribution < -0.4 is 4.72 Å². The standard InChI is InChI=1S/C18H29N3O5S2/c1-4-21(5-2)28(25,26)17-9-7-15(8-10-17)18(22)20-13-11-16(12-14-20)19-27(23,24)6-3/h7-10,16,19H,4-6,11-14H2,1-3H3. The van der Waals surface area contributed by atoms with Gasteiger partial charge in [0.1, 0.15) is 0 Å². The monoisotopic (exact) mass is 431 g/mol. The van der Waals surface area contributed by atoms with E-state index in [1.807, 2.05) is 0 Å². The Labute approximate surface area is 168 Å². The summed E-state index contributed by atoms with van der Waals surface area (Å²) in [6.45, 7) is 6.83. The highest BCUT2D eigenvalue weighted by Gasteiger charge is 2.27. The van der Waals surface area contributed by atoms with Gasteiger partial charge in [-0.2, -0.15) is 4.31 Å². The number of sulfonamides is 2. The fraction of sp³-hybridized carbons (Fsp3) is 0.611. The molecular formula is C18H29N3O5S2. The van der Waals surface area contributed by atoms with Gasteiger partial charge in [0.15, 0.2) is 0 Å². The van der Waals surface area contributed by atoms with Crippen LogP contribution in [0.3, 0.4) is 0 Å². The van der Waals surface area contributed by atoms with E-state index in [1.54, 1.807) is 25.7 Å². The molecule has 1 heterocycles. The van der Waals surface area contributed by atoms with Crippen LogP contribution in [0.2, 0.25) is 0 Å². The predicted molar refractivity (Wildman–Crippen MR) is 108 cm³/mol. The van der Waals surface area contributed by atoms with Crippen LogP contribution in [0.4, 0.5) is 0 Å². The quantitative estimate of drug-likeness (QED) is 0.667. The van der Waals surface area contributed by atoms with E-state index in [9.17, 15) is 21.6 Å². The number of hydrogen-bond acceptors (Lipinski definition) is 5. The van der Waals surface area contributed by atoms with Crippen LogP contribution in [0.5, 0.6) is 0 Å². The number of amides is 1. The van der Waals surface area contributed by atoms with Crippen molar-refractivity contribution in [3.8, 4) is 0 Å². The van der Waals surface area contributed by atoms with Crippen molar-refractivity contribution in [1.82, 2.24) is 13.9 Å². The Kier molecular flexibility index (Phi) is 7.60. The molecule has 10 heteroatoms. The molecule has 1 amide bonds. The molecule has 1 N–H and O–H groups in total. The molecule has 0 aliphatic carbocycles. The van der Waals surface area contributed by atoms with Crippen molar-refractivity contribution in [2.45, 2.75) is 44.6 Å². The Morgan fingerprint density at radius 3 is 2.04 bits per heavy atom. The van der Waals surface area contributed by atoms with E-state index in [0.29, 0.717) is 44.6 Å². The Balaban J connectivity index is 2.03. The number of rotatable bonds is 8. The van der Waals surface area contributed by atoms with Gasteiger partial charge in [-0.15, -0.1) is 0 Å². The van der Waals surface area contributed by atoms with E-state index in [1.165, 1.54) is 28.6 Å². The van der Waals surface area contributed by atoms with Crippen molar-refractivity contribution in [1.29, 1.82) is 0 Å². The summed E-state index contributed by atoms with van der Waals surface area (Å²) in [7, 11) is -6.81. The third-order valence-corrected chi connectivity index (χ3v) is 8.47. The maximum atomic E-state index is 12.7. The minimum Gasteiger partial charge on any atom is -0.339 e. The second-order valence-electron chi connectivity index (χ2n) is 6.70. The summed E-state index contributed by atoms with van der Waals surface area (Å²) >= 11 is 0. The Morgan fingerprint density at radius 1 is 1.04 bits per heavy atom. The molecule has 8 nitrogen and oxygen atoms in total. The molecule has 158 valence electrons. The molecule has 28 heavy (non-hydrogen) atoms. The number of likely N-dealkylation sites (tertiary alicyclic amines) is 1. The molecule has 0 saturated carbocycles. The summed E-state index contributed by atoms with van der Waals surface area (Å²) < 4.78 is 52.4. The number of carbonyl (C=O) groups is 1. The van der Waals surface area contributed by atoms with Gasteiger partial charge in [0.05, 0.1) is 10.6 Å². The lowest BCUT2D eigenvalue weighted by Gasteiger charge is -2.32. The minimum atomic E-state index is -3.55. The van der Waals surface area contributed by atoms with Crippen molar-refractivity contribution in [3.05, 3.63) is 29.8 Å². The first kappa shape index (κ1) is 22.8. The average Bonchev–Trinajstić information content (AvgIpc) is 2.68. The Hall–Kier alpha value is -1.49. The predicted octanol–water partition coefficient (Wildman–Crippen LogP) is 1.26. The topological polar surface area (TPSA) is 104 Å². The van der Waals surface area contributed by atoms with Crippen LogP contribution in [0.25, 0.3) is 0 Å². The summed E-state index contributed by atoms with van der Waals surface area (Å²) in [6, 6.07) is 5.83. The van der Waals surface area contributed by atoms with Crippen molar-refractivity contribution < 1.29 is 21.6 Å². The lowest BCUT2D eigenvalue weighted by molar-refractivity contribution is 0.0711. The first-order valence-electron chi connectivity index (χ1n) is 9.54. The van der Waals surface area contributed by atoms with Crippen molar-refractivity contribution in [2.24, 2.45) is 0 Å². The minimum absolute atomic E-state index is 0.0366. The van der Waals surface area contributed by atoms with E-state index in [4.69, 9.17) is 0 Å². The van der Waals surface area contributed by atoms with Gasteiger partial charge in [-0.3, -0.25) is 4.79 Å². The number of piperidine rings is 1. The van der Waals surface area contributed by atoms with Gasteiger partial charge < -0.3 is 4.90 Å². The molecule has 0 bridgehead atoms. The third kappa shape index (κ3) is 5.31. The summed E-state index contributed by atoms with van der Waals surface area (Å²) in [5.74, 6) is -0.141. The van der Waals surface area contributed by atoms with Crippen LogP contribution >= 0.6 is 0 Å².